The summed E-state index contributed by atoms with van der Waals surface area (Å²) in [6.45, 7) is 0.246. The Balaban J connectivity index is 1.54. The molecule has 0 radical (unpaired) electrons. The number of aromatic nitrogens is 2. The Morgan fingerprint density at radius 1 is 1.21 bits per heavy atom. The van der Waals surface area contributed by atoms with Crippen LogP contribution in [0.1, 0.15) is 42.9 Å². The van der Waals surface area contributed by atoms with Gasteiger partial charge in [-0.1, -0.05) is 25.0 Å². The number of carbonyl (C=O) groups excluding carboxylic acids is 1. The molecule has 9 heteroatoms. The SMILES string of the molecule is O=C(NCCn1cnc(C2CCCC2)cc1=O)Nc1ccccc1C(F)(F)F. The van der Waals surface area contributed by atoms with Gasteiger partial charge in [0.2, 0.25) is 0 Å². The molecule has 0 atom stereocenters. The van der Waals surface area contributed by atoms with Crippen LogP contribution in [0, 0.1) is 0 Å². The van der Waals surface area contributed by atoms with Gasteiger partial charge in [-0.05, 0) is 25.0 Å². The molecule has 2 aromatic rings. The predicted molar refractivity (Wildman–Crippen MR) is 98.2 cm³/mol. The molecule has 0 saturated heterocycles. The van der Waals surface area contributed by atoms with E-state index in [1.807, 2.05) is 0 Å². The smallest absolute Gasteiger partial charge is 0.336 e. The molecule has 1 aliphatic rings. The van der Waals surface area contributed by atoms with Crippen molar-refractivity contribution in [3.05, 3.63) is 58.3 Å². The Morgan fingerprint density at radius 2 is 1.93 bits per heavy atom. The number of anilines is 1. The van der Waals surface area contributed by atoms with E-state index in [0.29, 0.717) is 5.92 Å². The zero-order valence-electron chi connectivity index (χ0n) is 15.1. The first-order valence-electron chi connectivity index (χ1n) is 9.12. The molecule has 1 heterocycles. The van der Waals surface area contributed by atoms with Gasteiger partial charge in [-0.3, -0.25) is 9.36 Å². The van der Waals surface area contributed by atoms with Crippen LogP contribution in [0.15, 0.2) is 41.5 Å². The first-order valence-corrected chi connectivity index (χ1v) is 9.12. The molecular formula is C19H21F3N4O2. The lowest BCUT2D eigenvalue weighted by molar-refractivity contribution is -0.136. The van der Waals surface area contributed by atoms with Gasteiger partial charge in [-0.25, -0.2) is 9.78 Å². The highest BCUT2D eigenvalue weighted by atomic mass is 19.4. The van der Waals surface area contributed by atoms with Crippen LogP contribution in [-0.2, 0) is 12.7 Å². The third-order valence-corrected chi connectivity index (χ3v) is 4.79. The number of hydrogen-bond acceptors (Lipinski definition) is 3. The number of alkyl halides is 3. The Hall–Kier alpha value is -2.84. The molecule has 6 nitrogen and oxygen atoms in total. The second kappa shape index (κ2) is 8.45. The van der Waals surface area contributed by atoms with Crippen LogP contribution < -0.4 is 16.2 Å². The van der Waals surface area contributed by atoms with Crippen LogP contribution in [0.25, 0.3) is 0 Å². The standard InChI is InChI=1S/C19H21F3N4O2/c20-19(21,22)14-7-3-4-8-15(14)25-18(28)23-9-10-26-12-24-16(11-17(26)27)13-5-1-2-6-13/h3-4,7-8,11-13H,1-2,5-6,9-10H2,(H2,23,25,28). The molecule has 3 rings (SSSR count). The van der Waals surface area contributed by atoms with E-state index in [4.69, 9.17) is 0 Å². The molecule has 0 aliphatic heterocycles. The topological polar surface area (TPSA) is 76.0 Å². The molecule has 1 fully saturated rings. The molecular weight excluding hydrogens is 373 g/mol. The molecule has 2 amide bonds. The number of nitrogens with one attached hydrogen (secondary N) is 2. The van der Waals surface area contributed by atoms with Gasteiger partial charge >= 0.3 is 12.2 Å². The van der Waals surface area contributed by atoms with E-state index in [1.165, 1.54) is 35.2 Å². The lowest BCUT2D eigenvalue weighted by atomic mass is 10.0. The number of halogens is 3. The van der Waals surface area contributed by atoms with Crippen molar-refractivity contribution in [3.63, 3.8) is 0 Å². The second-order valence-electron chi connectivity index (χ2n) is 6.75. The van der Waals surface area contributed by atoms with E-state index < -0.39 is 17.8 Å². The molecule has 0 unspecified atom stereocenters. The van der Waals surface area contributed by atoms with Gasteiger partial charge < -0.3 is 10.6 Å². The number of carbonyl (C=O) groups is 1. The molecule has 2 N–H and O–H groups in total. The fourth-order valence-corrected chi connectivity index (χ4v) is 3.35. The quantitative estimate of drug-likeness (QED) is 0.811. The highest BCUT2D eigenvalue weighted by Gasteiger charge is 2.33. The zero-order chi connectivity index (χ0) is 20.1. The van der Waals surface area contributed by atoms with Gasteiger partial charge in [-0.2, -0.15) is 13.2 Å². The third kappa shape index (κ3) is 4.90. The molecule has 1 aromatic carbocycles. The average Bonchev–Trinajstić information content (AvgIpc) is 3.17. The number of benzene rings is 1. The van der Waals surface area contributed by atoms with E-state index in [9.17, 15) is 22.8 Å². The summed E-state index contributed by atoms with van der Waals surface area (Å²) >= 11 is 0. The fraction of sp³-hybridized carbons (Fsp3) is 0.421. The van der Waals surface area contributed by atoms with Crippen molar-refractivity contribution in [2.45, 2.75) is 44.3 Å². The van der Waals surface area contributed by atoms with Crippen molar-refractivity contribution < 1.29 is 18.0 Å². The highest BCUT2D eigenvalue weighted by Crippen LogP contribution is 2.34. The van der Waals surface area contributed by atoms with Crippen molar-refractivity contribution in [1.29, 1.82) is 0 Å². The number of nitrogens with zero attached hydrogens (tertiary/aromatic N) is 2. The van der Waals surface area contributed by atoms with E-state index in [1.54, 1.807) is 0 Å². The Morgan fingerprint density at radius 3 is 2.61 bits per heavy atom. The van der Waals surface area contributed by atoms with Crippen molar-refractivity contribution >= 4 is 11.7 Å². The van der Waals surface area contributed by atoms with Crippen LogP contribution in [0.2, 0.25) is 0 Å². The van der Waals surface area contributed by atoms with Crippen molar-refractivity contribution in [3.8, 4) is 0 Å². The molecule has 1 aromatic heterocycles. The molecule has 1 saturated carbocycles. The van der Waals surface area contributed by atoms with E-state index in [2.05, 4.69) is 15.6 Å². The van der Waals surface area contributed by atoms with Crippen LogP contribution in [0.5, 0.6) is 0 Å². The maximum absolute atomic E-state index is 12.9. The summed E-state index contributed by atoms with van der Waals surface area (Å²) in [6.07, 6.45) is 1.26. The van der Waals surface area contributed by atoms with E-state index >= 15 is 0 Å². The molecule has 28 heavy (non-hydrogen) atoms. The predicted octanol–water partition coefficient (Wildman–Crippen LogP) is 3.74. The summed E-state index contributed by atoms with van der Waals surface area (Å²) < 4.78 is 40.2. The van der Waals surface area contributed by atoms with E-state index in [-0.39, 0.29) is 24.3 Å². The van der Waals surface area contributed by atoms with Gasteiger partial charge in [0.1, 0.15) is 0 Å². The number of hydrogen-bond donors (Lipinski definition) is 2. The lowest BCUT2D eigenvalue weighted by Gasteiger charge is -2.14. The monoisotopic (exact) mass is 394 g/mol. The molecule has 0 spiro atoms. The lowest BCUT2D eigenvalue weighted by Crippen LogP contribution is -2.34. The summed E-state index contributed by atoms with van der Waals surface area (Å²) in [4.78, 5) is 28.4. The maximum Gasteiger partial charge on any atom is 0.418 e. The largest absolute Gasteiger partial charge is 0.418 e. The molecule has 0 bridgehead atoms. The minimum atomic E-state index is -4.57. The van der Waals surface area contributed by atoms with Gasteiger partial charge in [0, 0.05) is 25.1 Å². The summed E-state index contributed by atoms with van der Waals surface area (Å²) in [5, 5.41) is 4.64. The number of amides is 2. The maximum atomic E-state index is 12.9. The summed E-state index contributed by atoms with van der Waals surface area (Å²) in [5.41, 5.74) is -0.657. The van der Waals surface area contributed by atoms with Crippen LogP contribution >= 0.6 is 0 Å². The minimum absolute atomic E-state index is 0.0738. The molecule has 1 aliphatic carbocycles. The fourth-order valence-electron chi connectivity index (χ4n) is 3.35. The van der Waals surface area contributed by atoms with Crippen molar-refractivity contribution in [1.82, 2.24) is 14.9 Å². The minimum Gasteiger partial charge on any atom is -0.336 e. The molecule has 150 valence electrons. The summed E-state index contributed by atoms with van der Waals surface area (Å²) in [6, 6.07) is 5.48. The third-order valence-electron chi connectivity index (χ3n) is 4.79. The Kier molecular flexibility index (Phi) is 6.01. The van der Waals surface area contributed by atoms with Gasteiger partial charge in [0.05, 0.1) is 23.3 Å². The number of para-hydroxylation sites is 1. The van der Waals surface area contributed by atoms with Crippen LogP contribution in [0.4, 0.5) is 23.7 Å². The number of urea groups is 1. The summed E-state index contributed by atoms with van der Waals surface area (Å²) in [7, 11) is 0. The van der Waals surface area contributed by atoms with E-state index in [0.717, 1.165) is 37.4 Å². The zero-order valence-corrected chi connectivity index (χ0v) is 15.1. The summed E-state index contributed by atoms with van der Waals surface area (Å²) in [5.74, 6) is 0.333. The normalized spacial score (nSPS) is 14.8. The average molecular weight is 394 g/mol. The van der Waals surface area contributed by atoms with Crippen LogP contribution in [0.3, 0.4) is 0 Å². The van der Waals surface area contributed by atoms with Gasteiger partial charge in [0.15, 0.2) is 0 Å². The Bertz CT molecular complexity index is 889. The second-order valence-corrected chi connectivity index (χ2v) is 6.75. The van der Waals surface area contributed by atoms with Gasteiger partial charge in [-0.15, -0.1) is 0 Å². The van der Waals surface area contributed by atoms with Crippen molar-refractivity contribution in [2.75, 3.05) is 11.9 Å². The first kappa shape index (κ1) is 19.9. The van der Waals surface area contributed by atoms with Crippen molar-refractivity contribution in [2.24, 2.45) is 0 Å². The highest BCUT2D eigenvalue weighted by molar-refractivity contribution is 5.90. The number of rotatable bonds is 5. The Labute approximate surface area is 159 Å². The first-order chi connectivity index (χ1) is 13.3. The van der Waals surface area contributed by atoms with Crippen LogP contribution in [-0.4, -0.2) is 22.1 Å². The van der Waals surface area contributed by atoms with Gasteiger partial charge in [0.25, 0.3) is 5.56 Å².